The second kappa shape index (κ2) is 4.36. The van der Waals surface area contributed by atoms with Crippen molar-refractivity contribution < 1.29 is 22.0 Å². The molecule has 0 N–H and O–H groups in total. The molecule has 0 aromatic heterocycles. The van der Waals surface area contributed by atoms with Crippen molar-refractivity contribution in [2.24, 2.45) is 0 Å². The molecule has 0 aliphatic rings. The van der Waals surface area contributed by atoms with Gasteiger partial charge in [0.25, 0.3) is 0 Å². The zero-order valence-corrected chi connectivity index (χ0v) is 11.4. The molecule has 0 aliphatic heterocycles. The van der Waals surface area contributed by atoms with E-state index < -0.39 is 41.8 Å². The maximum atomic E-state index is 13.3. The highest BCUT2D eigenvalue weighted by Gasteiger charge is 2.28. The van der Waals surface area contributed by atoms with Gasteiger partial charge in [0, 0.05) is 0 Å². The van der Waals surface area contributed by atoms with Crippen LogP contribution in [0.3, 0.4) is 0 Å². The molecule has 0 fully saturated rings. The zero-order valence-electron chi connectivity index (χ0n) is 8.80. The van der Waals surface area contributed by atoms with Crippen LogP contribution in [0.5, 0.6) is 5.75 Å². The molecule has 0 bridgehead atoms. The Balaban J connectivity index is 3.40. The van der Waals surface area contributed by atoms with Gasteiger partial charge in [-0.15, -0.1) is 0 Å². The van der Waals surface area contributed by atoms with E-state index in [0.717, 1.165) is 0 Å². The van der Waals surface area contributed by atoms with Gasteiger partial charge < -0.3 is 4.43 Å². The Morgan fingerprint density at radius 2 is 1.25 bits per heavy atom. The van der Waals surface area contributed by atoms with Crippen LogP contribution in [0, 0.1) is 23.3 Å². The Bertz CT molecular complexity index is 401. The third kappa shape index (κ3) is 2.57. The summed E-state index contributed by atoms with van der Waals surface area (Å²) in [6.45, 7) is 4.93. The molecule has 0 amide bonds. The molecule has 0 heterocycles. The van der Waals surface area contributed by atoms with Crippen LogP contribution < -0.4 is 4.43 Å². The Labute approximate surface area is 99.7 Å². The van der Waals surface area contributed by atoms with Crippen molar-refractivity contribution in [3.05, 3.63) is 27.7 Å². The normalized spacial score (nSPS) is 11.8. The Hall–Kier alpha value is -0.563. The van der Waals surface area contributed by atoms with Crippen LogP contribution in [0.25, 0.3) is 0 Å². The van der Waals surface area contributed by atoms with Crippen molar-refractivity contribution in [2.75, 3.05) is 0 Å². The van der Waals surface area contributed by atoms with Crippen molar-refractivity contribution in [3.8, 4) is 5.75 Å². The first-order valence-corrected chi connectivity index (χ1v) is 8.55. The summed E-state index contributed by atoms with van der Waals surface area (Å²) in [5.41, 5.74) is 0. The molecule has 0 radical (unpaired) electrons. The molecular formula is C9H9BrF4OSi. The summed E-state index contributed by atoms with van der Waals surface area (Å²) in [5, 5.41) is 0. The van der Waals surface area contributed by atoms with Gasteiger partial charge in [0.1, 0.15) is 0 Å². The Kier molecular flexibility index (Phi) is 3.68. The molecule has 0 aliphatic carbocycles. The molecule has 0 atom stereocenters. The van der Waals surface area contributed by atoms with Crippen molar-refractivity contribution in [3.63, 3.8) is 0 Å². The van der Waals surface area contributed by atoms with E-state index in [4.69, 9.17) is 4.43 Å². The first-order chi connectivity index (χ1) is 7.15. The van der Waals surface area contributed by atoms with Gasteiger partial charge in [-0.05, 0) is 35.6 Å². The molecule has 0 saturated heterocycles. The molecule has 7 heteroatoms. The van der Waals surface area contributed by atoms with E-state index in [-0.39, 0.29) is 0 Å². The second-order valence-corrected chi connectivity index (χ2v) is 9.34. The Morgan fingerprint density at radius 1 is 0.875 bits per heavy atom. The topological polar surface area (TPSA) is 9.23 Å². The van der Waals surface area contributed by atoms with Crippen molar-refractivity contribution in [2.45, 2.75) is 19.6 Å². The van der Waals surface area contributed by atoms with Gasteiger partial charge in [0.2, 0.25) is 20.0 Å². The lowest BCUT2D eigenvalue weighted by molar-refractivity contribution is 0.387. The van der Waals surface area contributed by atoms with E-state index in [1.807, 2.05) is 0 Å². The van der Waals surface area contributed by atoms with Crippen LogP contribution in [0.4, 0.5) is 17.6 Å². The summed E-state index contributed by atoms with van der Waals surface area (Å²) < 4.78 is 57.0. The maximum absolute atomic E-state index is 13.3. The van der Waals surface area contributed by atoms with Crippen LogP contribution in [0.2, 0.25) is 19.6 Å². The molecule has 1 aromatic rings. The first-order valence-electron chi connectivity index (χ1n) is 4.35. The van der Waals surface area contributed by atoms with E-state index in [1.165, 1.54) is 0 Å². The Morgan fingerprint density at radius 3 is 1.56 bits per heavy atom. The predicted molar refractivity (Wildman–Crippen MR) is 57.9 cm³/mol. The highest BCUT2D eigenvalue weighted by molar-refractivity contribution is 9.10. The average molecular weight is 317 g/mol. The fraction of sp³-hybridized carbons (Fsp3) is 0.333. The lowest BCUT2D eigenvalue weighted by Gasteiger charge is -2.20. The minimum Gasteiger partial charge on any atom is -0.540 e. The second-order valence-electron chi connectivity index (χ2n) is 4.11. The van der Waals surface area contributed by atoms with E-state index in [9.17, 15) is 17.6 Å². The highest BCUT2D eigenvalue weighted by Crippen LogP contribution is 2.34. The molecule has 16 heavy (non-hydrogen) atoms. The van der Waals surface area contributed by atoms with Crippen molar-refractivity contribution in [1.82, 2.24) is 0 Å². The summed E-state index contributed by atoms with van der Waals surface area (Å²) in [7, 11) is -2.35. The van der Waals surface area contributed by atoms with Crippen LogP contribution in [0.15, 0.2) is 4.47 Å². The standard InChI is InChI=1S/C9H9BrF4OSi/c1-16(2,3)15-9-7(13)5(11)4(10)6(12)8(9)14/h1-3H3. The quantitative estimate of drug-likeness (QED) is 0.343. The molecule has 0 spiro atoms. The molecular weight excluding hydrogens is 308 g/mol. The minimum absolute atomic E-state index is 0.870. The van der Waals surface area contributed by atoms with Crippen LogP contribution in [-0.2, 0) is 0 Å². The lowest BCUT2D eigenvalue weighted by atomic mass is 10.3. The van der Waals surface area contributed by atoms with Gasteiger partial charge in [0.05, 0.1) is 4.47 Å². The zero-order chi connectivity index (χ0) is 12.7. The summed E-state index contributed by atoms with van der Waals surface area (Å²) in [5.74, 6) is -7.02. The monoisotopic (exact) mass is 316 g/mol. The van der Waals surface area contributed by atoms with E-state index in [0.29, 0.717) is 0 Å². The van der Waals surface area contributed by atoms with Gasteiger partial charge in [0.15, 0.2) is 17.4 Å². The maximum Gasteiger partial charge on any atom is 0.242 e. The highest BCUT2D eigenvalue weighted by atomic mass is 79.9. The fourth-order valence-electron chi connectivity index (χ4n) is 0.981. The summed E-state index contributed by atoms with van der Waals surface area (Å²) in [6.07, 6.45) is 0. The third-order valence-electron chi connectivity index (χ3n) is 1.58. The number of halogens is 5. The summed E-state index contributed by atoms with van der Waals surface area (Å²) >= 11 is 2.42. The number of benzene rings is 1. The van der Waals surface area contributed by atoms with E-state index in [1.54, 1.807) is 19.6 Å². The van der Waals surface area contributed by atoms with Crippen LogP contribution in [-0.4, -0.2) is 8.32 Å². The molecule has 0 unspecified atom stereocenters. The third-order valence-corrected chi connectivity index (χ3v) is 3.09. The molecule has 0 saturated carbocycles. The SMILES string of the molecule is C[Si](C)(C)Oc1c(F)c(F)c(Br)c(F)c1F. The summed E-state index contributed by atoms with van der Waals surface area (Å²) in [4.78, 5) is 0. The average Bonchev–Trinajstić information content (AvgIpc) is 2.17. The van der Waals surface area contributed by atoms with Crippen LogP contribution in [0.1, 0.15) is 0 Å². The molecule has 90 valence electrons. The summed E-state index contributed by atoms with van der Waals surface area (Å²) in [6, 6.07) is 0. The van der Waals surface area contributed by atoms with Gasteiger partial charge in [-0.2, -0.15) is 8.78 Å². The van der Waals surface area contributed by atoms with Gasteiger partial charge in [-0.1, -0.05) is 0 Å². The smallest absolute Gasteiger partial charge is 0.242 e. The van der Waals surface area contributed by atoms with Gasteiger partial charge in [-0.3, -0.25) is 0 Å². The number of hydrogen-bond acceptors (Lipinski definition) is 1. The van der Waals surface area contributed by atoms with Gasteiger partial charge in [-0.25, -0.2) is 8.78 Å². The van der Waals surface area contributed by atoms with Crippen LogP contribution >= 0.6 is 15.9 Å². The minimum atomic E-state index is -2.35. The van der Waals surface area contributed by atoms with E-state index in [2.05, 4.69) is 15.9 Å². The molecule has 1 aromatic carbocycles. The molecule has 1 nitrogen and oxygen atoms in total. The lowest BCUT2D eigenvalue weighted by Crippen LogP contribution is -2.30. The predicted octanol–water partition coefficient (Wildman–Crippen LogP) is 4.22. The number of hydrogen-bond donors (Lipinski definition) is 0. The fourth-order valence-corrected chi connectivity index (χ4v) is 2.12. The molecule has 1 rings (SSSR count). The van der Waals surface area contributed by atoms with Crippen molar-refractivity contribution >= 4 is 24.2 Å². The number of rotatable bonds is 2. The van der Waals surface area contributed by atoms with E-state index >= 15 is 0 Å². The van der Waals surface area contributed by atoms with Gasteiger partial charge >= 0.3 is 0 Å². The largest absolute Gasteiger partial charge is 0.540 e. The van der Waals surface area contributed by atoms with Crippen molar-refractivity contribution in [1.29, 1.82) is 0 Å². The first kappa shape index (κ1) is 13.5.